The highest BCUT2D eigenvalue weighted by Crippen LogP contribution is 2.09. The van der Waals surface area contributed by atoms with Crippen molar-refractivity contribution in [3.63, 3.8) is 0 Å². The van der Waals surface area contributed by atoms with Crippen LogP contribution >= 0.6 is 0 Å². The fourth-order valence-corrected chi connectivity index (χ4v) is 2.22. The monoisotopic (exact) mass is 334 g/mol. The quantitative estimate of drug-likeness (QED) is 0.650. The van der Waals surface area contributed by atoms with E-state index in [4.69, 9.17) is 10.3 Å². The molecule has 1 heterocycles. The van der Waals surface area contributed by atoms with Crippen LogP contribution in [0.25, 0.3) is 11.0 Å². The van der Waals surface area contributed by atoms with Crippen LogP contribution in [0, 0.1) is 6.92 Å². The van der Waals surface area contributed by atoms with Gasteiger partial charge in [-0.3, -0.25) is 4.55 Å². The second-order valence-corrected chi connectivity index (χ2v) is 6.04. The topological polar surface area (TPSA) is 128 Å². The first-order valence-corrected chi connectivity index (χ1v) is 7.87. The summed E-state index contributed by atoms with van der Waals surface area (Å²) in [6, 6.07) is 12.5. The SMILES string of the molecule is Cc1ccc(S(=O)(=O)O)cc1.NC(=O)n1nnc2ccccc21. The van der Waals surface area contributed by atoms with Crippen LogP contribution in [0.2, 0.25) is 0 Å². The van der Waals surface area contributed by atoms with Gasteiger partial charge in [-0.2, -0.15) is 13.1 Å². The molecule has 0 unspecified atom stereocenters. The highest BCUT2D eigenvalue weighted by atomic mass is 32.2. The first-order valence-electron chi connectivity index (χ1n) is 6.43. The zero-order valence-corrected chi connectivity index (χ0v) is 12.9. The van der Waals surface area contributed by atoms with Gasteiger partial charge < -0.3 is 5.73 Å². The van der Waals surface area contributed by atoms with Crippen LogP contribution in [0.4, 0.5) is 4.79 Å². The van der Waals surface area contributed by atoms with Gasteiger partial charge in [-0.15, -0.1) is 5.10 Å². The van der Waals surface area contributed by atoms with Gasteiger partial charge in [0.15, 0.2) is 0 Å². The maximum Gasteiger partial charge on any atom is 0.341 e. The largest absolute Gasteiger partial charge is 0.350 e. The molecule has 120 valence electrons. The Bertz CT molecular complexity index is 933. The second kappa shape index (κ2) is 6.55. The normalized spacial score (nSPS) is 10.9. The van der Waals surface area contributed by atoms with Crippen molar-refractivity contribution < 1.29 is 17.8 Å². The van der Waals surface area contributed by atoms with E-state index in [0.717, 1.165) is 10.2 Å². The molecule has 0 radical (unpaired) electrons. The van der Waals surface area contributed by atoms with Crippen LogP contribution in [0.1, 0.15) is 5.56 Å². The third-order valence-electron chi connectivity index (χ3n) is 2.88. The molecular formula is C14H14N4O4S. The van der Waals surface area contributed by atoms with E-state index >= 15 is 0 Å². The molecule has 1 amide bonds. The third kappa shape index (κ3) is 4.11. The summed E-state index contributed by atoms with van der Waals surface area (Å²) in [5.41, 5.74) is 7.29. The maximum atomic E-state index is 10.8. The van der Waals surface area contributed by atoms with Crippen LogP contribution < -0.4 is 5.73 Å². The van der Waals surface area contributed by atoms with Crippen molar-refractivity contribution in [2.75, 3.05) is 0 Å². The molecule has 0 atom stereocenters. The van der Waals surface area contributed by atoms with Crippen molar-refractivity contribution in [2.24, 2.45) is 5.73 Å². The maximum absolute atomic E-state index is 10.8. The lowest BCUT2D eigenvalue weighted by atomic mass is 10.2. The zero-order valence-electron chi connectivity index (χ0n) is 12.1. The first kappa shape index (κ1) is 16.6. The molecule has 2 aromatic carbocycles. The Hall–Kier alpha value is -2.78. The number of carbonyl (C=O) groups excluding carboxylic acids is 1. The summed E-state index contributed by atoms with van der Waals surface area (Å²) < 4.78 is 30.6. The number of nitrogens with two attached hydrogens (primary N) is 1. The Kier molecular flexibility index (Phi) is 4.72. The molecule has 0 aliphatic carbocycles. The lowest BCUT2D eigenvalue weighted by molar-refractivity contribution is 0.248. The second-order valence-electron chi connectivity index (χ2n) is 4.62. The number of carbonyl (C=O) groups is 1. The van der Waals surface area contributed by atoms with Gasteiger partial charge in [-0.25, -0.2) is 4.79 Å². The molecule has 3 N–H and O–H groups in total. The van der Waals surface area contributed by atoms with Crippen LogP contribution in [0.15, 0.2) is 53.4 Å². The molecule has 0 saturated carbocycles. The molecular weight excluding hydrogens is 320 g/mol. The van der Waals surface area contributed by atoms with E-state index in [1.807, 2.05) is 13.0 Å². The number of rotatable bonds is 1. The number of amides is 1. The smallest absolute Gasteiger partial charge is 0.341 e. The summed E-state index contributed by atoms with van der Waals surface area (Å²) in [5.74, 6) is 0. The molecule has 0 bridgehead atoms. The van der Waals surface area contributed by atoms with Gasteiger partial charge in [-0.05, 0) is 31.2 Å². The van der Waals surface area contributed by atoms with E-state index in [2.05, 4.69) is 10.3 Å². The Labute approximate surface area is 132 Å². The van der Waals surface area contributed by atoms with Crippen molar-refractivity contribution >= 4 is 27.2 Å². The lowest BCUT2D eigenvalue weighted by Gasteiger charge is -1.95. The number of aryl methyl sites for hydroxylation is 1. The summed E-state index contributed by atoms with van der Waals surface area (Å²) in [7, 11) is -4.02. The van der Waals surface area contributed by atoms with E-state index < -0.39 is 16.1 Å². The predicted molar refractivity (Wildman–Crippen MR) is 83.5 cm³/mol. The van der Waals surface area contributed by atoms with Gasteiger partial charge in [0.05, 0.1) is 10.4 Å². The van der Waals surface area contributed by atoms with Crippen LogP contribution in [-0.4, -0.2) is 34.0 Å². The molecule has 0 spiro atoms. The van der Waals surface area contributed by atoms with E-state index in [0.29, 0.717) is 11.0 Å². The summed E-state index contributed by atoms with van der Waals surface area (Å²) in [6.07, 6.45) is 0. The van der Waals surface area contributed by atoms with Crippen molar-refractivity contribution in [1.29, 1.82) is 0 Å². The standard InChI is InChI=1S/C7H6N4O.C7H8O3S/c8-7(12)11-6-4-2-1-3-5(6)9-10-11;1-6-2-4-7(5-3-6)11(8,9)10/h1-4H,(H2,8,12);2-5H,1H3,(H,8,9,10). The zero-order chi connectivity index (χ0) is 17.0. The Morgan fingerprint density at radius 2 is 1.74 bits per heavy atom. The summed E-state index contributed by atoms with van der Waals surface area (Å²) in [5, 5.41) is 7.34. The lowest BCUT2D eigenvalue weighted by Crippen LogP contribution is -2.20. The Balaban J connectivity index is 0.000000168. The molecule has 8 nitrogen and oxygen atoms in total. The Morgan fingerprint density at radius 1 is 1.13 bits per heavy atom. The average Bonchev–Trinajstić information content (AvgIpc) is 2.91. The van der Waals surface area contributed by atoms with E-state index in [1.54, 1.807) is 30.3 Å². The molecule has 0 aliphatic rings. The summed E-state index contributed by atoms with van der Waals surface area (Å²) >= 11 is 0. The fourth-order valence-electron chi connectivity index (χ4n) is 1.74. The minimum Gasteiger partial charge on any atom is -0.350 e. The van der Waals surface area contributed by atoms with Gasteiger partial charge in [0.25, 0.3) is 10.1 Å². The minimum atomic E-state index is -4.02. The number of hydrogen-bond donors (Lipinski definition) is 2. The number of benzene rings is 2. The number of primary amides is 1. The number of fused-ring (bicyclic) bond motifs is 1. The van der Waals surface area contributed by atoms with E-state index in [-0.39, 0.29) is 4.90 Å². The van der Waals surface area contributed by atoms with Crippen LogP contribution in [-0.2, 0) is 10.1 Å². The van der Waals surface area contributed by atoms with Gasteiger partial charge in [-0.1, -0.05) is 35.0 Å². The third-order valence-corrected chi connectivity index (χ3v) is 3.75. The molecule has 0 aliphatic heterocycles. The van der Waals surface area contributed by atoms with Crippen molar-refractivity contribution in [3.8, 4) is 0 Å². The fraction of sp³-hybridized carbons (Fsp3) is 0.0714. The molecule has 3 rings (SSSR count). The average molecular weight is 334 g/mol. The van der Waals surface area contributed by atoms with E-state index in [9.17, 15) is 13.2 Å². The molecule has 23 heavy (non-hydrogen) atoms. The van der Waals surface area contributed by atoms with Crippen molar-refractivity contribution in [2.45, 2.75) is 11.8 Å². The number of aromatic nitrogens is 3. The van der Waals surface area contributed by atoms with Crippen LogP contribution in [0.5, 0.6) is 0 Å². The van der Waals surface area contributed by atoms with Gasteiger partial charge in [0.1, 0.15) is 5.52 Å². The molecule has 3 aromatic rings. The van der Waals surface area contributed by atoms with Gasteiger partial charge in [0.2, 0.25) is 0 Å². The van der Waals surface area contributed by atoms with Gasteiger partial charge >= 0.3 is 6.03 Å². The van der Waals surface area contributed by atoms with Crippen molar-refractivity contribution in [3.05, 3.63) is 54.1 Å². The van der Waals surface area contributed by atoms with Gasteiger partial charge in [0, 0.05) is 0 Å². The molecule has 1 aromatic heterocycles. The Morgan fingerprint density at radius 3 is 2.30 bits per heavy atom. The number of hydrogen-bond acceptors (Lipinski definition) is 5. The van der Waals surface area contributed by atoms with E-state index in [1.165, 1.54) is 12.1 Å². The number of para-hydroxylation sites is 1. The number of nitrogens with zero attached hydrogens (tertiary/aromatic N) is 3. The highest BCUT2D eigenvalue weighted by Gasteiger charge is 2.07. The molecule has 0 saturated heterocycles. The predicted octanol–water partition coefficient (Wildman–Crippen LogP) is 1.60. The van der Waals surface area contributed by atoms with Crippen LogP contribution in [0.3, 0.4) is 0 Å². The summed E-state index contributed by atoms with van der Waals surface area (Å²) in [4.78, 5) is 10.7. The summed E-state index contributed by atoms with van der Waals surface area (Å²) in [6.45, 7) is 1.84. The molecule has 9 heteroatoms. The molecule has 0 fully saturated rings. The van der Waals surface area contributed by atoms with Crippen molar-refractivity contribution in [1.82, 2.24) is 15.0 Å². The minimum absolute atomic E-state index is 0.0666. The highest BCUT2D eigenvalue weighted by molar-refractivity contribution is 7.85. The first-order chi connectivity index (χ1) is 10.8.